The molecule has 1 aromatic heterocycles. The first-order chi connectivity index (χ1) is 10.3. The van der Waals surface area contributed by atoms with Gasteiger partial charge in [0.2, 0.25) is 0 Å². The number of rotatable bonds is 5. The summed E-state index contributed by atoms with van der Waals surface area (Å²) in [6.07, 6.45) is -3.84. The summed E-state index contributed by atoms with van der Waals surface area (Å²) in [6, 6.07) is 6.26. The van der Waals surface area contributed by atoms with E-state index in [1.807, 2.05) is 0 Å². The highest BCUT2D eigenvalue weighted by Gasteiger charge is 2.38. The molecular weight excluding hydrogens is 323 g/mol. The summed E-state index contributed by atoms with van der Waals surface area (Å²) in [5, 5.41) is 5.64. The molecule has 6 nitrogen and oxygen atoms in total. The van der Waals surface area contributed by atoms with E-state index in [4.69, 9.17) is 0 Å². The van der Waals surface area contributed by atoms with E-state index in [0.29, 0.717) is 11.1 Å². The number of nitrogens with zero attached hydrogens (tertiary/aromatic N) is 3. The van der Waals surface area contributed by atoms with Crippen LogP contribution in [0.25, 0.3) is 0 Å². The third-order valence-corrected chi connectivity index (χ3v) is 3.33. The molecule has 2 rings (SSSR count). The van der Waals surface area contributed by atoms with Crippen molar-refractivity contribution in [2.45, 2.75) is 18.5 Å². The van der Waals surface area contributed by atoms with Crippen LogP contribution in [0.2, 0.25) is 0 Å². The molecule has 10 heteroatoms. The molecule has 0 saturated carbocycles. The average molecular weight is 332 g/mol. The van der Waals surface area contributed by atoms with E-state index in [0.717, 1.165) is 10.9 Å². The quantitative estimate of drug-likeness (QED) is 0.622. The molecule has 0 N–H and O–H groups in total. The molecule has 0 aliphatic rings. The van der Waals surface area contributed by atoms with Crippen molar-refractivity contribution in [2.24, 2.45) is 5.18 Å². The Balaban J connectivity index is 2.19. The predicted molar refractivity (Wildman–Crippen MR) is 70.9 cm³/mol. The van der Waals surface area contributed by atoms with Crippen molar-refractivity contribution >= 4 is 16.8 Å². The number of aromatic nitrogens is 2. The molecule has 22 heavy (non-hydrogen) atoms. The zero-order valence-corrected chi connectivity index (χ0v) is 11.7. The normalized spacial score (nSPS) is 13.1. The first kappa shape index (κ1) is 16.3. The van der Waals surface area contributed by atoms with Crippen molar-refractivity contribution in [3.05, 3.63) is 52.2 Å². The monoisotopic (exact) mass is 332 g/mol. The van der Waals surface area contributed by atoms with Gasteiger partial charge in [0.25, 0.3) is 0 Å². The van der Waals surface area contributed by atoms with Gasteiger partial charge in [0.15, 0.2) is 11.4 Å². The van der Waals surface area contributed by atoms with Gasteiger partial charge in [0.1, 0.15) is 0 Å². The maximum Gasteiger partial charge on any atom is 0.437 e. The van der Waals surface area contributed by atoms with E-state index >= 15 is 0 Å². The molecule has 0 radical (unpaired) electrons. The second kappa shape index (κ2) is 6.36. The Labute approximate surface area is 125 Å². The summed E-state index contributed by atoms with van der Waals surface area (Å²) in [5.74, 6) is -0.139. The van der Waals surface area contributed by atoms with E-state index in [1.165, 1.54) is 0 Å². The lowest BCUT2D eigenvalue weighted by Gasteiger charge is -2.07. The van der Waals surface area contributed by atoms with Crippen LogP contribution in [0, 0.1) is 4.91 Å². The van der Waals surface area contributed by atoms with Gasteiger partial charge in [0.05, 0.1) is 12.7 Å². The molecule has 0 fully saturated rings. The zero-order chi connectivity index (χ0) is 16.3. The summed E-state index contributed by atoms with van der Waals surface area (Å²) in [5.41, 5.74) is -0.940. The van der Waals surface area contributed by atoms with Crippen molar-refractivity contribution in [1.29, 1.82) is 0 Å². The Morgan fingerprint density at radius 1 is 1.23 bits per heavy atom. The first-order valence-electron chi connectivity index (χ1n) is 5.91. The molecule has 0 aliphatic heterocycles. The molecule has 1 heterocycles. The lowest BCUT2D eigenvalue weighted by molar-refractivity contribution is -0.140. The van der Waals surface area contributed by atoms with Gasteiger partial charge < -0.3 is 4.55 Å². The van der Waals surface area contributed by atoms with Crippen LogP contribution in [0.3, 0.4) is 0 Å². The summed E-state index contributed by atoms with van der Waals surface area (Å²) in [6.45, 7) is -0.000651. The van der Waals surface area contributed by atoms with E-state index in [-0.39, 0.29) is 12.3 Å². The Bertz CT molecular complexity index is 698. The van der Waals surface area contributed by atoms with Crippen LogP contribution >= 0.6 is 0 Å². The van der Waals surface area contributed by atoms with Crippen molar-refractivity contribution < 1.29 is 21.9 Å². The van der Waals surface area contributed by atoms with Gasteiger partial charge in [-0.05, 0) is 16.3 Å². The van der Waals surface area contributed by atoms with E-state index in [2.05, 4.69) is 10.3 Å². The summed E-state index contributed by atoms with van der Waals surface area (Å²) in [4.78, 5) is 10.4. The van der Waals surface area contributed by atoms with Gasteiger partial charge in [-0.15, -0.1) is 4.91 Å². The van der Waals surface area contributed by atoms with Crippen molar-refractivity contribution in [3.8, 4) is 0 Å². The third-order valence-electron chi connectivity index (χ3n) is 2.76. The minimum Gasteiger partial charge on any atom is -0.772 e. The highest BCUT2D eigenvalue weighted by atomic mass is 32.2. The van der Waals surface area contributed by atoms with Crippen LogP contribution in [0.1, 0.15) is 16.8 Å². The number of hydrogen-bond acceptors (Lipinski definition) is 5. The highest BCUT2D eigenvalue weighted by molar-refractivity contribution is 7.78. The Kier molecular flexibility index (Phi) is 4.71. The lowest BCUT2D eigenvalue weighted by Crippen LogP contribution is -2.08. The van der Waals surface area contributed by atoms with E-state index in [1.54, 1.807) is 24.3 Å². The maximum absolute atomic E-state index is 12.6. The smallest absolute Gasteiger partial charge is 0.437 e. The second-order valence-corrected chi connectivity index (χ2v) is 5.31. The fourth-order valence-electron chi connectivity index (χ4n) is 1.82. The minimum atomic E-state index is -4.75. The second-order valence-electron chi connectivity index (χ2n) is 4.41. The standard InChI is InChI=1S/C12H10F3N3O3S/c13-12(14,15)11-10(17-19)6-18(16-11)5-8-1-3-9(4-2-8)7-22(20)21/h1-4,6H,5,7H2,(H,20,21)/p-1. The van der Waals surface area contributed by atoms with Crippen molar-refractivity contribution in [1.82, 2.24) is 9.78 Å². The van der Waals surface area contributed by atoms with Gasteiger partial charge in [0, 0.05) is 5.75 Å². The van der Waals surface area contributed by atoms with Gasteiger partial charge in [-0.2, -0.15) is 18.3 Å². The molecule has 2 aromatic rings. The largest absolute Gasteiger partial charge is 0.772 e. The Hall–Kier alpha value is -2.07. The summed E-state index contributed by atoms with van der Waals surface area (Å²) in [7, 11) is 0. The minimum absolute atomic E-state index is 0.000651. The molecule has 0 spiro atoms. The van der Waals surface area contributed by atoms with Gasteiger partial charge >= 0.3 is 6.18 Å². The first-order valence-corrected chi connectivity index (χ1v) is 7.15. The Morgan fingerprint density at radius 3 is 2.27 bits per heavy atom. The maximum atomic E-state index is 12.6. The SMILES string of the molecule is O=Nc1cn(Cc2ccc(CS(=O)[O-])cc2)nc1C(F)(F)F. The van der Waals surface area contributed by atoms with Crippen LogP contribution in [0.5, 0.6) is 0 Å². The molecule has 0 bridgehead atoms. The van der Waals surface area contributed by atoms with E-state index < -0.39 is 28.6 Å². The zero-order valence-electron chi connectivity index (χ0n) is 10.9. The number of hydrogen-bond donors (Lipinski definition) is 0. The van der Waals surface area contributed by atoms with Crippen LogP contribution in [-0.2, 0) is 29.6 Å². The molecule has 0 saturated heterocycles. The van der Waals surface area contributed by atoms with Crippen LogP contribution in [0.15, 0.2) is 35.6 Å². The number of benzene rings is 1. The third kappa shape index (κ3) is 3.98. The number of nitroso groups, excluding NO2 is 1. The molecular formula is C12H9F3N3O3S-. The molecule has 118 valence electrons. The number of halogens is 3. The fraction of sp³-hybridized carbons (Fsp3) is 0.250. The predicted octanol–water partition coefficient (Wildman–Crippen LogP) is 2.73. The fourth-order valence-corrected chi connectivity index (χ4v) is 2.29. The number of alkyl halides is 3. The average Bonchev–Trinajstić information content (AvgIpc) is 2.83. The topological polar surface area (TPSA) is 87.4 Å². The molecule has 0 aliphatic carbocycles. The van der Waals surface area contributed by atoms with Crippen LogP contribution in [-0.4, -0.2) is 18.5 Å². The van der Waals surface area contributed by atoms with Gasteiger partial charge in [-0.1, -0.05) is 35.3 Å². The van der Waals surface area contributed by atoms with Gasteiger partial charge in [-0.25, -0.2) is 0 Å². The van der Waals surface area contributed by atoms with Crippen molar-refractivity contribution in [3.63, 3.8) is 0 Å². The highest BCUT2D eigenvalue weighted by Crippen LogP contribution is 2.35. The van der Waals surface area contributed by atoms with Gasteiger partial charge in [-0.3, -0.25) is 8.89 Å². The summed E-state index contributed by atoms with van der Waals surface area (Å²) < 4.78 is 59.9. The van der Waals surface area contributed by atoms with E-state index in [9.17, 15) is 26.8 Å². The molecule has 1 aromatic carbocycles. The summed E-state index contributed by atoms with van der Waals surface area (Å²) >= 11 is -2.21. The molecule has 1 atom stereocenters. The lowest BCUT2D eigenvalue weighted by atomic mass is 10.1. The van der Waals surface area contributed by atoms with Crippen LogP contribution in [0.4, 0.5) is 18.9 Å². The van der Waals surface area contributed by atoms with Crippen molar-refractivity contribution in [2.75, 3.05) is 0 Å². The molecule has 0 amide bonds. The van der Waals surface area contributed by atoms with Crippen LogP contribution < -0.4 is 0 Å². The molecule has 1 unspecified atom stereocenters. The Morgan fingerprint density at radius 2 is 1.82 bits per heavy atom.